The Labute approximate surface area is 233 Å². The highest BCUT2D eigenvalue weighted by atomic mass is 32.9. The van der Waals surface area contributed by atoms with Crippen LogP contribution in [-0.2, 0) is 16.8 Å². The zero-order valence-corrected chi connectivity index (χ0v) is 23.5. The molecule has 190 valence electrons. The van der Waals surface area contributed by atoms with Crippen LogP contribution in [0.5, 0.6) is 0 Å². The molecule has 6 rings (SSSR count). The average Bonchev–Trinajstić information content (AvgIpc) is 3.42. The number of hydrogen-bond donors (Lipinski definition) is 0. The van der Waals surface area contributed by atoms with Gasteiger partial charge in [-0.15, -0.1) is 0 Å². The van der Waals surface area contributed by atoms with Gasteiger partial charge in [0.25, 0.3) is 17.7 Å². The molecule has 1 aromatic heterocycles. The molecule has 0 aliphatic carbocycles. The van der Waals surface area contributed by atoms with Crippen LogP contribution in [0.25, 0.3) is 11.1 Å². The van der Waals surface area contributed by atoms with E-state index in [1.807, 2.05) is 63.2 Å². The minimum absolute atomic E-state index is 0.213. The predicted octanol–water partition coefficient (Wildman–Crippen LogP) is 7.00. The molecular formula is C30H24N2O3S3. The van der Waals surface area contributed by atoms with Gasteiger partial charge in [-0.3, -0.25) is 24.2 Å². The monoisotopic (exact) mass is 556 g/mol. The minimum Gasteiger partial charge on any atom is -0.299 e. The number of rotatable bonds is 4. The van der Waals surface area contributed by atoms with Crippen LogP contribution in [0, 0.1) is 10.7 Å². The van der Waals surface area contributed by atoms with Gasteiger partial charge in [-0.05, 0) is 50.6 Å². The number of anilines is 1. The quantitative estimate of drug-likeness (QED) is 0.154. The van der Waals surface area contributed by atoms with Crippen LogP contribution in [0.1, 0.15) is 50.6 Å². The van der Waals surface area contributed by atoms with E-state index in [9.17, 15) is 14.4 Å². The fourth-order valence-corrected chi connectivity index (χ4v) is 8.79. The molecule has 0 saturated heterocycles. The maximum atomic E-state index is 14.8. The lowest BCUT2D eigenvalue weighted by Gasteiger charge is -2.45. The summed E-state index contributed by atoms with van der Waals surface area (Å²) >= 11 is 5.72. The predicted molar refractivity (Wildman–Crippen MR) is 155 cm³/mol. The summed E-state index contributed by atoms with van der Waals surface area (Å²) in [4.78, 5) is 45.9. The zero-order chi connectivity index (χ0) is 26.8. The first-order valence-corrected chi connectivity index (χ1v) is 14.9. The van der Waals surface area contributed by atoms with Crippen molar-refractivity contribution in [1.82, 2.24) is 4.90 Å². The van der Waals surface area contributed by atoms with Crippen LogP contribution in [0.4, 0.5) is 5.69 Å². The summed E-state index contributed by atoms with van der Waals surface area (Å²) in [5.41, 5.74) is 4.51. The number of imide groups is 1. The Balaban J connectivity index is 1.52. The first-order chi connectivity index (χ1) is 18.2. The van der Waals surface area contributed by atoms with E-state index in [0.717, 1.165) is 41.5 Å². The molecule has 3 heterocycles. The lowest BCUT2D eigenvalue weighted by molar-refractivity contribution is -0.123. The zero-order valence-electron chi connectivity index (χ0n) is 21.1. The van der Waals surface area contributed by atoms with Crippen molar-refractivity contribution in [2.24, 2.45) is 0 Å². The molecule has 0 bridgehead atoms. The van der Waals surface area contributed by atoms with Gasteiger partial charge in [0, 0.05) is 17.5 Å². The Kier molecular flexibility index (Phi) is 5.94. The smallest absolute Gasteiger partial charge is 0.262 e. The number of hydrogen-bond acceptors (Lipinski definition) is 6. The molecule has 0 unspecified atom stereocenters. The molecule has 0 radical (unpaired) electrons. The van der Waals surface area contributed by atoms with Gasteiger partial charge in [-0.25, -0.2) is 0 Å². The van der Waals surface area contributed by atoms with Gasteiger partial charge >= 0.3 is 0 Å². The van der Waals surface area contributed by atoms with E-state index in [4.69, 9.17) is 12.2 Å². The standard InChI is InChI=1S/C30H24N2O3S3/c1-17-13-14-22-21(15-17)24-25(37-38-29(24)36)30(2,3)32(22)28(35)23(16-18-9-5-4-6-10-18)31-26(33)19-11-7-8-12-20(19)27(31)34/h4-15,23H,16H2,1-3H3/t23-/m0/s1. The Morgan fingerprint density at radius 1 is 0.895 bits per heavy atom. The first kappa shape index (κ1) is 24.9. The van der Waals surface area contributed by atoms with Crippen LogP contribution >= 0.6 is 32.9 Å². The summed E-state index contributed by atoms with van der Waals surface area (Å²) in [7, 11) is 3.12. The Bertz CT molecular complexity index is 1650. The summed E-state index contributed by atoms with van der Waals surface area (Å²) in [6, 6.07) is 21.3. The van der Waals surface area contributed by atoms with E-state index >= 15 is 0 Å². The second-order valence-corrected chi connectivity index (χ2v) is 13.0. The molecule has 5 nitrogen and oxygen atoms in total. The summed E-state index contributed by atoms with van der Waals surface area (Å²) in [6.45, 7) is 6.03. The van der Waals surface area contributed by atoms with E-state index in [2.05, 4.69) is 6.07 Å². The van der Waals surface area contributed by atoms with Crippen molar-refractivity contribution in [2.45, 2.75) is 38.8 Å². The van der Waals surface area contributed by atoms with Crippen molar-refractivity contribution in [3.8, 4) is 11.1 Å². The van der Waals surface area contributed by atoms with Gasteiger partial charge in [-0.2, -0.15) is 0 Å². The highest BCUT2D eigenvalue weighted by Crippen LogP contribution is 2.52. The van der Waals surface area contributed by atoms with E-state index in [0.29, 0.717) is 11.1 Å². The summed E-state index contributed by atoms with van der Waals surface area (Å²) in [5, 5.41) is 0. The fraction of sp³-hybridized carbons (Fsp3) is 0.200. The van der Waals surface area contributed by atoms with E-state index in [1.54, 1.807) is 39.5 Å². The molecule has 3 amide bonds. The third kappa shape index (κ3) is 3.70. The van der Waals surface area contributed by atoms with Gasteiger partial charge in [0.05, 0.1) is 27.2 Å². The fourth-order valence-electron chi connectivity index (χ4n) is 5.50. The van der Waals surface area contributed by atoms with Gasteiger partial charge in [0.15, 0.2) is 0 Å². The molecule has 8 heteroatoms. The highest BCUT2D eigenvalue weighted by Gasteiger charge is 2.49. The Morgan fingerprint density at radius 2 is 1.53 bits per heavy atom. The van der Waals surface area contributed by atoms with Crippen LogP contribution in [-0.4, -0.2) is 28.7 Å². The molecule has 2 aliphatic heterocycles. The molecule has 0 spiro atoms. The third-order valence-electron chi connectivity index (χ3n) is 7.32. The average molecular weight is 557 g/mol. The molecule has 0 saturated carbocycles. The molecule has 3 aromatic carbocycles. The third-order valence-corrected chi connectivity index (χ3v) is 10.7. The van der Waals surface area contributed by atoms with Gasteiger partial charge in [0.2, 0.25) is 0 Å². The molecule has 1 atom stereocenters. The summed E-state index contributed by atoms with van der Waals surface area (Å²) in [5.74, 6) is -1.18. The van der Waals surface area contributed by atoms with Gasteiger partial charge in [-0.1, -0.05) is 87.0 Å². The lowest BCUT2D eigenvalue weighted by Crippen LogP contribution is -2.57. The molecule has 2 aliphatic rings. The van der Waals surface area contributed by atoms with E-state index in [-0.39, 0.29) is 12.3 Å². The first-order valence-electron chi connectivity index (χ1n) is 12.3. The number of nitrogens with zero attached hydrogens (tertiary/aromatic N) is 2. The van der Waals surface area contributed by atoms with Crippen molar-refractivity contribution >= 4 is 56.3 Å². The maximum absolute atomic E-state index is 14.8. The van der Waals surface area contributed by atoms with Gasteiger partial charge < -0.3 is 0 Å². The van der Waals surface area contributed by atoms with Crippen LogP contribution in [0.3, 0.4) is 0 Å². The van der Waals surface area contributed by atoms with Crippen molar-refractivity contribution < 1.29 is 14.4 Å². The number of fused-ring (bicyclic) bond motifs is 4. The number of carbonyl (C=O) groups is 3. The number of amides is 3. The molecular weight excluding hydrogens is 533 g/mol. The van der Waals surface area contributed by atoms with Crippen molar-refractivity contribution in [2.75, 3.05) is 4.90 Å². The number of carbonyl (C=O) groups excluding carboxylic acids is 3. The normalized spacial score (nSPS) is 16.2. The van der Waals surface area contributed by atoms with Crippen molar-refractivity contribution in [3.05, 3.63) is 104 Å². The van der Waals surface area contributed by atoms with Crippen molar-refractivity contribution in [3.63, 3.8) is 0 Å². The maximum Gasteiger partial charge on any atom is 0.262 e. The largest absolute Gasteiger partial charge is 0.299 e. The molecule has 0 fully saturated rings. The molecule has 0 N–H and O–H groups in total. The van der Waals surface area contributed by atoms with E-state index < -0.39 is 23.4 Å². The highest BCUT2D eigenvalue weighted by molar-refractivity contribution is 7.80. The van der Waals surface area contributed by atoms with Crippen LogP contribution in [0.2, 0.25) is 0 Å². The summed E-state index contributed by atoms with van der Waals surface area (Å²) < 4.78 is 0.804. The second kappa shape index (κ2) is 9.08. The van der Waals surface area contributed by atoms with Gasteiger partial charge in [0.1, 0.15) is 9.87 Å². The lowest BCUT2D eigenvalue weighted by atomic mass is 9.85. The second-order valence-electron chi connectivity index (χ2n) is 10.1. The van der Waals surface area contributed by atoms with Crippen molar-refractivity contribution in [1.29, 1.82) is 0 Å². The van der Waals surface area contributed by atoms with Crippen LogP contribution in [0.15, 0.2) is 72.8 Å². The topological polar surface area (TPSA) is 57.7 Å². The minimum atomic E-state index is -1.02. The Morgan fingerprint density at radius 3 is 2.18 bits per heavy atom. The van der Waals surface area contributed by atoms with Crippen LogP contribution < -0.4 is 4.90 Å². The number of benzene rings is 3. The number of aryl methyl sites for hydroxylation is 1. The molecule has 4 aromatic rings. The summed E-state index contributed by atoms with van der Waals surface area (Å²) in [6.07, 6.45) is 0.213. The molecule has 38 heavy (non-hydrogen) atoms. The Hall–Kier alpha value is -3.46. The SMILES string of the molecule is Cc1ccc2c(c1)-c1c(ssc1=S)C(C)(C)N2C(=O)[C@H](Cc1ccccc1)N1C(=O)c2ccccc2C1=O. The van der Waals surface area contributed by atoms with E-state index in [1.165, 1.54) is 10.3 Å².